The maximum Gasteiger partial charge on any atom is 0.240 e. The monoisotopic (exact) mass is 380 g/mol. The lowest BCUT2D eigenvalue weighted by atomic mass is 10.1. The van der Waals surface area contributed by atoms with Crippen LogP contribution in [0.15, 0.2) is 47.4 Å². The van der Waals surface area contributed by atoms with Gasteiger partial charge in [-0.3, -0.25) is 4.79 Å². The molecule has 134 valence electrons. The van der Waals surface area contributed by atoms with Gasteiger partial charge in [-0.15, -0.1) is 0 Å². The maximum absolute atomic E-state index is 12.3. The molecule has 25 heavy (non-hydrogen) atoms. The molecule has 0 aromatic heterocycles. The predicted molar refractivity (Wildman–Crippen MR) is 101 cm³/mol. The van der Waals surface area contributed by atoms with Crippen LogP contribution in [0, 0.1) is 13.8 Å². The molecule has 0 aliphatic carbocycles. The number of sulfonamides is 1. The first-order chi connectivity index (χ1) is 11.7. The van der Waals surface area contributed by atoms with Gasteiger partial charge in [-0.2, -0.15) is 0 Å². The zero-order valence-corrected chi connectivity index (χ0v) is 16.0. The molecule has 0 saturated heterocycles. The lowest BCUT2D eigenvalue weighted by Gasteiger charge is -2.24. The molecule has 0 heterocycles. The van der Waals surface area contributed by atoms with Gasteiger partial charge in [0.05, 0.1) is 4.90 Å². The van der Waals surface area contributed by atoms with Crippen molar-refractivity contribution in [2.45, 2.75) is 25.7 Å². The SMILES string of the molecule is CC(=O)N(CCNS(=O)(=O)c1cccc(Cl)c1)c1cccc(C)c1C. The van der Waals surface area contributed by atoms with Crippen LogP contribution in [0.25, 0.3) is 0 Å². The van der Waals surface area contributed by atoms with E-state index >= 15 is 0 Å². The second-order valence-corrected chi connectivity index (χ2v) is 7.95. The number of amides is 1. The van der Waals surface area contributed by atoms with Crippen LogP contribution in [-0.4, -0.2) is 27.4 Å². The van der Waals surface area contributed by atoms with Crippen molar-refractivity contribution in [2.24, 2.45) is 0 Å². The number of aryl methyl sites for hydroxylation is 1. The minimum atomic E-state index is -3.68. The summed E-state index contributed by atoms with van der Waals surface area (Å²) >= 11 is 5.84. The Balaban J connectivity index is 2.12. The highest BCUT2D eigenvalue weighted by Gasteiger charge is 2.17. The van der Waals surface area contributed by atoms with Gasteiger partial charge in [0, 0.05) is 30.7 Å². The van der Waals surface area contributed by atoms with Crippen LogP contribution < -0.4 is 9.62 Å². The Hall–Kier alpha value is -1.89. The van der Waals surface area contributed by atoms with Crippen LogP contribution >= 0.6 is 11.6 Å². The van der Waals surface area contributed by atoms with Crippen LogP contribution in [0.5, 0.6) is 0 Å². The molecular formula is C18H21ClN2O3S. The molecule has 7 heteroatoms. The molecule has 5 nitrogen and oxygen atoms in total. The Morgan fingerprint density at radius 3 is 2.48 bits per heavy atom. The number of anilines is 1. The molecule has 0 radical (unpaired) electrons. The lowest BCUT2D eigenvalue weighted by molar-refractivity contribution is -0.116. The number of carbonyl (C=O) groups is 1. The summed E-state index contributed by atoms with van der Waals surface area (Å²) in [6.07, 6.45) is 0. The molecule has 0 fully saturated rings. The standard InChI is InChI=1S/C18H21ClN2O3S/c1-13-6-4-9-18(14(13)2)21(15(3)22)11-10-20-25(23,24)17-8-5-7-16(19)12-17/h4-9,12,20H,10-11H2,1-3H3. The molecule has 0 unspecified atom stereocenters. The van der Waals surface area contributed by atoms with Crippen molar-refractivity contribution in [3.05, 3.63) is 58.6 Å². The Bertz CT molecular complexity index is 882. The zero-order valence-electron chi connectivity index (χ0n) is 14.4. The fraction of sp³-hybridized carbons (Fsp3) is 0.278. The van der Waals surface area contributed by atoms with Gasteiger partial charge in [0.25, 0.3) is 0 Å². The van der Waals surface area contributed by atoms with Crippen molar-refractivity contribution >= 4 is 33.2 Å². The van der Waals surface area contributed by atoms with Crippen LogP contribution in [0.3, 0.4) is 0 Å². The first kappa shape index (κ1) is 19.4. The highest BCUT2D eigenvalue weighted by molar-refractivity contribution is 7.89. The van der Waals surface area contributed by atoms with Gasteiger partial charge in [0.1, 0.15) is 0 Å². The van der Waals surface area contributed by atoms with Crippen LogP contribution in [0.2, 0.25) is 5.02 Å². The molecule has 0 aliphatic heterocycles. The van der Waals surface area contributed by atoms with Crippen molar-refractivity contribution in [2.75, 3.05) is 18.0 Å². The summed E-state index contributed by atoms with van der Waals surface area (Å²) in [5.41, 5.74) is 2.85. The average Bonchev–Trinajstić information content (AvgIpc) is 2.54. The maximum atomic E-state index is 12.3. The highest BCUT2D eigenvalue weighted by Crippen LogP contribution is 2.22. The number of benzene rings is 2. The van der Waals surface area contributed by atoms with E-state index in [1.807, 2.05) is 32.0 Å². The van der Waals surface area contributed by atoms with E-state index in [9.17, 15) is 13.2 Å². The highest BCUT2D eigenvalue weighted by atomic mass is 35.5. The molecule has 2 aromatic carbocycles. The van der Waals surface area contributed by atoms with Gasteiger partial charge in [0.2, 0.25) is 15.9 Å². The molecule has 1 N–H and O–H groups in total. The Morgan fingerprint density at radius 1 is 1.16 bits per heavy atom. The first-order valence-corrected chi connectivity index (χ1v) is 9.68. The summed E-state index contributed by atoms with van der Waals surface area (Å²) in [5.74, 6) is -0.143. The van der Waals surface area contributed by atoms with E-state index in [4.69, 9.17) is 11.6 Å². The van der Waals surface area contributed by atoms with E-state index in [0.717, 1.165) is 16.8 Å². The van der Waals surface area contributed by atoms with E-state index in [-0.39, 0.29) is 23.9 Å². The topological polar surface area (TPSA) is 66.5 Å². The van der Waals surface area contributed by atoms with E-state index in [1.165, 1.54) is 19.1 Å². The number of nitrogens with one attached hydrogen (secondary N) is 1. The zero-order chi connectivity index (χ0) is 18.6. The molecular weight excluding hydrogens is 360 g/mol. The molecule has 0 spiro atoms. The van der Waals surface area contributed by atoms with Gasteiger partial charge in [0.15, 0.2) is 0 Å². The summed E-state index contributed by atoms with van der Waals surface area (Å²) in [7, 11) is -3.68. The van der Waals surface area contributed by atoms with E-state index in [2.05, 4.69) is 4.72 Å². The minimum Gasteiger partial charge on any atom is -0.311 e. The lowest BCUT2D eigenvalue weighted by Crippen LogP contribution is -2.38. The van der Waals surface area contributed by atoms with Crippen molar-refractivity contribution in [1.82, 2.24) is 4.72 Å². The smallest absolute Gasteiger partial charge is 0.240 e. The number of halogens is 1. The fourth-order valence-corrected chi connectivity index (χ4v) is 3.81. The number of hydrogen-bond donors (Lipinski definition) is 1. The summed E-state index contributed by atoms with van der Waals surface area (Å²) in [4.78, 5) is 13.7. The van der Waals surface area contributed by atoms with Gasteiger partial charge in [-0.25, -0.2) is 13.1 Å². The third kappa shape index (κ3) is 4.81. The predicted octanol–water partition coefficient (Wildman–Crippen LogP) is 3.29. The second-order valence-electron chi connectivity index (χ2n) is 5.74. The summed E-state index contributed by atoms with van der Waals surface area (Å²) in [6, 6.07) is 11.8. The van der Waals surface area contributed by atoms with E-state index < -0.39 is 10.0 Å². The Labute approximate surface area is 153 Å². The third-order valence-corrected chi connectivity index (χ3v) is 5.67. The van der Waals surface area contributed by atoms with Crippen molar-refractivity contribution in [1.29, 1.82) is 0 Å². The minimum absolute atomic E-state index is 0.0983. The van der Waals surface area contributed by atoms with E-state index in [0.29, 0.717) is 5.02 Å². The van der Waals surface area contributed by atoms with Crippen LogP contribution in [0.4, 0.5) is 5.69 Å². The molecule has 0 bridgehead atoms. The quantitative estimate of drug-likeness (QED) is 0.836. The number of hydrogen-bond acceptors (Lipinski definition) is 3. The van der Waals surface area contributed by atoms with Crippen LogP contribution in [-0.2, 0) is 14.8 Å². The van der Waals surface area contributed by atoms with Gasteiger partial charge < -0.3 is 4.90 Å². The molecule has 1 amide bonds. The Kier molecular flexibility index (Phi) is 6.21. The fourth-order valence-electron chi connectivity index (χ4n) is 2.48. The molecule has 2 aromatic rings. The molecule has 0 saturated carbocycles. The van der Waals surface area contributed by atoms with Crippen molar-refractivity contribution in [3.63, 3.8) is 0 Å². The van der Waals surface area contributed by atoms with E-state index in [1.54, 1.807) is 17.0 Å². The average molecular weight is 381 g/mol. The summed E-state index contributed by atoms with van der Waals surface area (Å²) < 4.78 is 27.2. The first-order valence-electron chi connectivity index (χ1n) is 7.82. The number of nitrogens with zero attached hydrogens (tertiary/aromatic N) is 1. The van der Waals surface area contributed by atoms with Gasteiger partial charge in [-0.05, 0) is 49.2 Å². The Morgan fingerprint density at radius 2 is 1.84 bits per heavy atom. The van der Waals surface area contributed by atoms with Crippen molar-refractivity contribution < 1.29 is 13.2 Å². The van der Waals surface area contributed by atoms with Gasteiger partial charge >= 0.3 is 0 Å². The summed E-state index contributed by atoms with van der Waals surface area (Å²) in [5, 5.41) is 0.351. The van der Waals surface area contributed by atoms with Gasteiger partial charge in [-0.1, -0.05) is 29.8 Å². The van der Waals surface area contributed by atoms with Crippen molar-refractivity contribution in [3.8, 4) is 0 Å². The van der Waals surface area contributed by atoms with Crippen LogP contribution in [0.1, 0.15) is 18.1 Å². The summed E-state index contributed by atoms with van der Waals surface area (Å²) in [6.45, 7) is 5.71. The third-order valence-electron chi connectivity index (χ3n) is 3.98. The molecule has 0 aliphatic rings. The second kappa shape index (κ2) is 7.99. The molecule has 0 atom stereocenters. The molecule has 2 rings (SSSR count). The largest absolute Gasteiger partial charge is 0.311 e. The normalized spacial score (nSPS) is 11.4. The number of carbonyl (C=O) groups excluding carboxylic acids is 1. The number of rotatable bonds is 6.